The standard InChI is InChI=1S/C12H20N4O2/c1-9(2)14-10(12(17)18)7-15-5-6-16-4-3-13-11(16)8-15/h3-4,9-10,14H,5-8H2,1-2H3,(H,17,18). The Labute approximate surface area is 107 Å². The molecule has 0 saturated heterocycles. The second-order valence-electron chi connectivity index (χ2n) is 4.98. The van der Waals surface area contributed by atoms with Crippen LogP contribution in [-0.4, -0.2) is 50.7 Å². The van der Waals surface area contributed by atoms with Crippen molar-refractivity contribution in [2.24, 2.45) is 0 Å². The summed E-state index contributed by atoms with van der Waals surface area (Å²) >= 11 is 0. The van der Waals surface area contributed by atoms with Crippen LogP contribution in [-0.2, 0) is 17.9 Å². The number of imidazole rings is 1. The number of nitrogens with zero attached hydrogens (tertiary/aromatic N) is 3. The summed E-state index contributed by atoms with van der Waals surface area (Å²) in [5.74, 6) is 0.215. The largest absolute Gasteiger partial charge is 0.480 e. The van der Waals surface area contributed by atoms with Gasteiger partial charge in [-0.05, 0) is 0 Å². The Morgan fingerprint density at radius 2 is 2.33 bits per heavy atom. The molecule has 1 aliphatic rings. The van der Waals surface area contributed by atoms with Crippen molar-refractivity contribution in [1.82, 2.24) is 19.8 Å². The Morgan fingerprint density at radius 3 is 3.00 bits per heavy atom. The molecule has 6 nitrogen and oxygen atoms in total. The van der Waals surface area contributed by atoms with E-state index in [4.69, 9.17) is 0 Å². The summed E-state index contributed by atoms with van der Waals surface area (Å²) in [6.45, 7) is 6.89. The second kappa shape index (κ2) is 5.49. The lowest BCUT2D eigenvalue weighted by Gasteiger charge is -2.30. The van der Waals surface area contributed by atoms with Crippen LogP contribution in [0.15, 0.2) is 12.4 Å². The van der Waals surface area contributed by atoms with Gasteiger partial charge in [0.25, 0.3) is 0 Å². The van der Waals surface area contributed by atoms with Crippen LogP contribution in [0.2, 0.25) is 0 Å². The van der Waals surface area contributed by atoms with Crippen LogP contribution in [0.5, 0.6) is 0 Å². The van der Waals surface area contributed by atoms with Crippen LogP contribution < -0.4 is 5.32 Å². The van der Waals surface area contributed by atoms with Crippen LogP contribution in [0.1, 0.15) is 19.7 Å². The summed E-state index contributed by atoms with van der Waals surface area (Å²) in [5.41, 5.74) is 0. The molecule has 1 aromatic rings. The van der Waals surface area contributed by atoms with Gasteiger partial charge in [-0.1, -0.05) is 13.8 Å². The van der Waals surface area contributed by atoms with Crippen molar-refractivity contribution in [3.63, 3.8) is 0 Å². The quantitative estimate of drug-likeness (QED) is 0.780. The van der Waals surface area contributed by atoms with Crippen molar-refractivity contribution in [3.8, 4) is 0 Å². The van der Waals surface area contributed by atoms with E-state index in [-0.39, 0.29) is 6.04 Å². The van der Waals surface area contributed by atoms with E-state index in [1.165, 1.54) is 0 Å². The van der Waals surface area contributed by atoms with Crippen molar-refractivity contribution >= 4 is 5.97 Å². The molecule has 0 aliphatic carbocycles. The SMILES string of the molecule is CC(C)NC(CN1CCn2ccnc2C1)C(=O)O. The van der Waals surface area contributed by atoms with Gasteiger partial charge >= 0.3 is 5.97 Å². The van der Waals surface area contributed by atoms with Gasteiger partial charge in [-0.15, -0.1) is 0 Å². The number of carboxylic acid groups (broad SMARTS) is 1. The van der Waals surface area contributed by atoms with Gasteiger partial charge in [0.2, 0.25) is 0 Å². The van der Waals surface area contributed by atoms with E-state index in [9.17, 15) is 9.90 Å². The van der Waals surface area contributed by atoms with E-state index in [0.29, 0.717) is 6.54 Å². The number of hydrogen-bond acceptors (Lipinski definition) is 4. The minimum atomic E-state index is -0.794. The first-order valence-corrected chi connectivity index (χ1v) is 6.27. The minimum absolute atomic E-state index is 0.165. The molecule has 0 bridgehead atoms. The summed E-state index contributed by atoms with van der Waals surface area (Å²) in [6, 6.07) is -0.357. The Morgan fingerprint density at radius 1 is 1.56 bits per heavy atom. The van der Waals surface area contributed by atoms with E-state index < -0.39 is 12.0 Å². The molecule has 0 fully saturated rings. The van der Waals surface area contributed by atoms with Crippen LogP contribution in [0.3, 0.4) is 0 Å². The molecule has 18 heavy (non-hydrogen) atoms. The number of nitrogens with one attached hydrogen (secondary N) is 1. The molecule has 0 saturated carbocycles. The van der Waals surface area contributed by atoms with Gasteiger partial charge in [0, 0.05) is 38.1 Å². The minimum Gasteiger partial charge on any atom is -0.480 e. The van der Waals surface area contributed by atoms with Gasteiger partial charge in [-0.3, -0.25) is 9.69 Å². The molecule has 1 aromatic heterocycles. The third-order valence-corrected chi connectivity index (χ3v) is 3.10. The first-order valence-electron chi connectivity index (χ1n) is 6.27. The molecule has 2 rings (SSSR count). The Balaban J connectivity index is 1.95. The maximum Gasteiger partial charge on any atom is 0.322 e. The number of carboxylic acids is 1. The summed E-state index contributed by atoms with van der Waals surface area (Å²) < 4.78 is 2.11. The third-order valence-electron chi connectivity index (χ3n) is 3.10. The fraction of sp³-hybridized carbons (Fsp3) is 0.667. The Bertz CT molecular complexity index is 416. The summed E-state index contributed by atoms with van der Waals surface area (Å²) in [4.78, 5) is 17.6. The van der Waals surface area contributed by atoms with Gasteiger partial charge in [-0.2, -0.15) is 0 Å². The zero-order chi connectivity index (χ0) is 13.1. The van der Waals surface area contributed by atoms with E-state index in [1.54, 1.807) is 6.20 Å². The summed E-state index contributed by atoms with van der Waals surface area (Å²) in [5, 5.41) is 12.3. The molecule has 2 heterocycles. The summed E-state index contributed by atoms with van der Waals surface area (Å²) in [7, 11) is 0. The number of aromatic nitrogens is 2. The highest BCUT2D eigenvalue weighted by atomic mass is 16.4. The zero-order valence-corrected chi connectivity index (χ0v) is 10.8. The molecule has 100 valence electrons. The molecule has 0 aromatic carbocycles. The van der Waals surface area contributed by atoms with Crippen molar-refractivity contribution in [3.05, 3.63) is 18.2 Å². The predicted octanol–water partition coefficient (Wildman–Crippen LogP) is 0.150. The highest BCUT2D eigenvalue weighted by Crippen LogP contribution is 2.10. The second-order valence-corrected chi connectivity index (χ2v) is 4.98. The molecule has 0 amide bonds. The molecule has 2 N–H and O–H groups in total. The molecule has 1 atom stereocenters. The average molecular weight is 252 g/mol. The maximum atomic E-state index is 11.2. The van der Waals surface area contributed by atoms with Crippen molar-refractivity contribution < 1.29 is 9.90 Å². The van der Waals surface area contributed by atoms with E-state index in [2.05, 4.69) is 19.8 Å². The lowest BCUT2D eigenvalue weighted by molar-refractivity contribution is -0.140. The fourth-order valence-electron chi connectivity index (χ4n) is 2.24. The van der Waals surface area contributed by atoms with Gasteiger partial charge in [0.05, 0.1) is 6.54 Å². The number of hydrogen-bond donors (Lipinski definition) is 2. The zero-order valence-electron chi connectivity index (χ0n) is 10.8. The topological polar surface area (TPSA) is 70.4 Å². The number of aliphatic carboxylic acids is 1. The smallest absolute Gasteiger partial charge is 0.322 e. The molecule has 1 aliphatic heterocycles. The fourth-order valence-corrected chi connectivity index (χ4v) is 2.24. The molecule has 0 spiro atoms. The molecule has 0 radical (unpaired) electrons. The lowest BCUT2D eigenvalue weighted by Crippen LogP contribution is -2.50. The number of carbonyl (C=O) groups is 1. The maximum absolute atomic E-state index is 11.2. The number of fused-ring (bicyclic) bond motifs is 1. The molecular weight excluding hydrogens is 232 g/mol. The van der Waals surface area contributed by atoms with E-state index >= 15 is 0 Å². The van der Waals surface area contributed by atoms with Crippen molar-refractivity contribution in [2.45, 2.75) is 39.0 Å². The van der Waals surface area contributed by atoms with Crippen molar-refractivity contribution in [1.29, 1.82) is 0 Å². The highest BCUT2D eigenvalue weighted by Gasteiger charge is 2.24. The van der Waals surface area contributed by atoms with E-state index in [0.717, 1.165) is 25.5 Å². The van der Waals surface area contributed by atoms with Gasteiger partial charge in [0.1, 0.15) is 11.9 Å². The summed E-state index contributed by atoms with van der Waals surface area (Å²) in [6.07, 6.45) is 3.76. The van der Waals surface area contributed by atoms with Crippen LogP contribution in [0.25, 0.3) is 0 Å². The lowest BCUT2D eigenvalue weighted by atomic mass is 10.2. The predicted molar refractivity (Wildman–Crippen MR) is 67.2 cm³/mol. The van der Waals surface area contributed by atoms with Crippen LogP contribution in [0.4, 0.5) is 0 Å². The molecular formula is C12H20N4O2. The Kier molecular flexibility index (Phi) is 3.98. The third kappa shape index (κ3) is 3.08. The van der Waals surface area contributed by atoms with E-state index in [1.807, 2.05) is 20.0 Å². The number of rotatable bonds is 5. The van der Waals surface area contributed by atoms with Gasteiger partial charge in [-0.25, -0.2) is 4.98 Å². The van der Waals surface area contributed by atoms with Crippen LogP contribution in [0, 0.1) is 0 Å². The van der Waals surface area contributed by atoms with Crippen LogP contribution >= 0.6 is 0 Å². The first kappa shape index (κ1) is 13.0. The van der Waals surface area contributed by atoms with Gasteiger partial charge < -0.3 is 15.0 Å². The van der Waals surface area contributed by atoms with Crippen molar-refractivity contribution in [2.75, 3.05) is 13.1 Å². The molecule has 6 heteroatoms. The first-order chi connectivity index (χ1) is 8.56. The van der Waals surface area contributed by atoms with Gasteiger partial charge in [0.15, 0.2) is 0 Å². The average Bonchev–Trinajstić information content (AvgIpc) is 2.74. The highest BCUT2D eigenvalue weighted by molar-refractivity contribution is 5.73. The Hall–Kier alpha value is -1.40. The monoisotopic (exact) mass is 252 g/mol. The molecule has 1 unspecified atom stereocenters. The normalized spacial score (nSPS) is 17.7.